The maximum absolute atomic E-state index is 15.9. The molecule has 6 aromatic carbocycles. The lowest BCUT2D eigenvalue weighted by Crippen LogP contribution is -2.16. The lowest BCUT2D eigenvalue weighted by Gasteiger charge is -2.23. The van der Waals surface area contributed by atoms with Gasteiger partial charge in [0.25, 0.3) is 0 Å². The first kappa shape index (κ1) is 27.7. The van der Waals surface area contributed by atoms with E-state index in [2.05, 4.69) is 6.07 Å². The molecular formula is C40H26F3N3. The van der Waals surface area contributed by atoms with E-state index in [-0.39, 0.29) is 11.4 Å². The quantitative estimate of drug-likeness (QED) is 0.197. The lowest BCUT2D eigenvalue weighted by molar-refractivity contribution is -0.137. The highest BCUT2D eigenvalue weighted by Gasteiger charge is 2.39. The van der Waals surface area contributed by atoms with Gasteiger partial charge in [0.2, 0.25) is 0 Å². The molecule has 0 bridgehead atoms. The van der Waals surface area contributed by atoms with Crippen LogP contribution in [0.5, 0.6) is 0 Å². The molecule has 0 radical (unpaired) electrons. The summed E-state index contributed by atoms with van der Waals surface area (Å²) in [5.74, 6) is 0. The third-order valence-corrected chi connectivity index (χ3v) is 8.98. The molecule has 0 aliphatic carbocycles. The van der Waals surface area contributed by atoms with Crippen molar-refractivity contribution in [2.24, 2.45) is 0 Å². The van der Waals surface area contributed by atoms with Gasteiger partial charge in [0.05, 0.1) is 45.1 Å². The number of fused-ring (bicyclic) bond motifs is 6. The minimum atomic E-state index is -4.72. The van der Waals surface area contributed by atoms with Gasteiger partial charge in [0.15, 0.2) is 0 Å². The van der Waals surface area contributed by atoms with E-state index >= 15 is 13.2 Å². The van der Waals surface area contributed by atoms with Crippen LogP contribution in [0.15, 0.2) is 121 Å². The maximum atomic E-state index is 15.9. The Bertz CT molecular complexity index is 2420. The van der Waals surface area contributed by atoms with Gasteiger partial charge in [-0.25, -0.2) is 0 Å². The number of aryl methyl sites for hydroxylation is 2. The average molecular weight is 606 g/mol. The summed E-state index contributed by atoms with van der Waals surface area (Å²) in [6.45, 7) is 3.87. The van der Waals surface area contributed by atoms with E-state index in [4.69, 9.17) is 0 Å². The van der Waals surface area contributed by atoms with E-state index in [1.165, 1.54) is 0 Å². The van der Waals surface area contributed by atoms with Crippen LogP contribution >= 0.6 is 0 Å². The van der Waals surface area contributed by atoms with Crippen LogP contribution in [-0.4, -0.2) is 9.13 Å². The Hall–Kier alpha value is -5.80. The number of benzene rings is 6. The molecule has 0 atom stereocenters. The minimum Gasteiger partial charge on any atom is -0.308 e. The molecule has 0 saturated carbocycles. The molecule has 0 fully saturated rings. The molecule has 0 N–H and O–H groups in total. The summed E-state index contributed by atoms with van der Waals surface area (Å²) in [4.78, 5) is 0. The van der Waals surface area contributed by atoms with Crippen molar-refractivity contribution in [3.8, 4) is 28.6 Å². The fourth-order valence-corrected chi connectivity index (χ4v) is 7.07. The number of hydrogen-bond donors (Lipinski definition) is 0. The van der Waals surface area contributed by atoms with E-state index < -0.39 is 11.7 Å². The van der Waals surface area contributed by atoms with Crippen molar-refractivity contribution in [2.45, 2.75) is 20.0 Å². The van der Waals surface area contributed by atoms with Gasteiger partial charge in [-0.15, -0.1) is 0 Å². The molecule has 0 aliphatic rings. The largest absolute Gasteiger partial charge is 0.420 e. The molecule has 2 heterocycles. The number of halogens is 3. The topological polar surface area (TPSA) is 33.6 Å². The molecule has 0 saturated heterocycles. The molecule has 0 unspecified atom stereocenters. The zero-order valence-electron chi connectivity index (χ0n) is 25.0. The number of rotatable bonds is 3. The zero-order chi connectivity index (χ0) is 31.7. The number of nitrogens with zero attached hydrogens (tertiary/aromatic N) is 3. The summed E-state index contributed by atoms with van der Waals surface area (Å²) in [6.07, 6.45) is -4.72. The molecule has 2 aromatic heterocycles. The van der Waals surface area contributed by atoms with Gasteiger partial charge < -0.3 is 9.13 Å². The lowest BCUT2D eigenvalue weighted by atomic mass is 9.97. The summed E-state index contributed by atoms with van der Waals surface area (Å²) < 4.78 is 51.2. The van der Waals surface area contributed by atoms with Crippen molar-refractivity contribution in [2.75, 3.05) is 0 Å². The molecule has 46 heavy (non-hydrogen) atoms. The Morgan fingerprint density at radius 2 is 1.02 bits per heavy atom. The highest BCUT2D eigenvalue weighted by molar-refractivity contribution is 6.12. The van der Waals surface area contributed by atoms with Crippen LogP contribution in [0, 0.1) is 25.2 Å². The van der Waals surface area contributed by atoms with Crippen molar-refractivity contribution < 1.29 is 13.2 Å². The number of para-hydroxylation sites is 4. The predicted octanol–water partition coefficient (Wildman–Crippen LogP) is 11.1. The fourth-order valence-electron chi connectivity index (χ4n) is 7.07. The van der Waals surface area contributed by atoms with Crippen molar-refractivity contribution in [3.63, 3.8) is 0 Å². The maximum Gasteiger partial charge on any atom is 0.420 e. The summed E-state index contributed by atoms with van der Waals surface area (Å²) in [5.41, 5.74) is 5.55. The first-order valence-corrected chi connectivity index (χ1v) is 15.0. The second kappa shape index (κ2) is 10.1. The Kier molecular flexibility index (Phi) is 6.10. The Labute approximate surface area is 263 Å². The summed E-state index contributed by atoms with van der Waals surface area (Å²) in [5, 5.41) is 13.2. The number of alkyl halides is 3. The van der Waals surface area contributed by atoms with Gasteiger partial charge in [-0.2, -0.15) is 18.4 Å². The molecular weight excluding hydrogens is 579 g/mol. The van der Waals surface area contributed by atoms with Gasteiger partial charge in [-0.3, -0.25) is 0 Å². The standard InChI is InChI=1S/C40H26F3N3/c1-24-10-7-16-31-29-14-3-5-18-33(29)45(38(24)31)35-21-28(27-13-9-12-26(20-27)23-44)22-36(37(35)40(41,42)43)46-34-19-6-4-15-30(34)32-17-8-11-25(2)39(32)46/h3-22H,1-2H3. The van der Waals surface area contributed by atoms with Gasteiger partial charge in [-0.1, -0.05) is 84.9 Å². The molecule has 8 aromatic rings. The monoisotopic (exact) mass is 605 g/mol. The zero-order valence-corrected chi connectivity index (χ0v) is 25.0. The fraction of sp³-hybridized carbons (Fsp3) is 0.0750. The number of aromatic nitrogens is 2. The predicted molar refractivity (Wildman–Crippen MR) is 180 cm³/mol. The molecule has 0 spiro atoms. The smallest absolute Gasteiger partial charge is 0.308 e. The number of hydrogen-bond acceptors (Lipinski definition) is 1. The van der Waals surface area contributed by atoms with Gasteiger partial charge in [-0.05, 0) is 72.5 Å². The Balaban J connectivity index is 1.63. The van der Waals surface area contributed by atoms with Crippen LogP contribution in [-0.2, 0) is 6.18 Å². The normalized spacial score (nSPS) is 12.0. The van der Waals surface area contributed by atoms with E-state index in [0.29, 0.717) is 27.7 Å². The number of nitriles is 1. The SMILES string of the molecule is Cc1cccc2c3ccccc3n(-c3cc(-c4cccc(C#N)c4)cc(-n4c5ccccc5c5cccc(C)c54)c3C(F)(F)F)c12. The van der Waals surface area contributed by atoms with E-state index in [1.807, 2.05) is 105 Å². The van der Waals surface area contributed by atoms with Crippen molar-refractivity contribution in [1.29, 1.82) is 5.26 Å². The highest BCUT2D eigenvalue weighted by atomic mass is 19.4. The first-order valence-electron chi connectivity index (χ1n) is 15.0. The average Bonchev–Trinajstić information content (AvgIpc) is 3.59. The van der Waals surface area contributed by atoms with E-state index in [0.717, 1.165) is 43.7 Å². The van der Waals surface area contributed by atoms with Crippen LogP contribution in [0.4, 0.5) is 13.2 Å². The molecule has 0 amide bonds. The van der Waals surface area contributed by atoms with Crippen LogP contribution in [0.1, 0.15) is 22.3 Å². The second-order valence-electron chi connectivity index (χ2n) is 11.7. The second-order valence-corrected chi connectivity index (χ2v) is 11.7. The van der Waals surface area contributed by atoms with Gasteiger partial charge >= 0.3 is 6.18 Å². The third-order valence-electron chi connectivity index (χ3n) is 8.98. The summed E-state index contributed by atoms with van der Waals surface area (Å²) in [6, 6.07) is 39.3. The van der Waals surface area contributed by atoms with E-state index in [9.17, 15) is 5.26 Å². The van der Waals surface area contributed by atoms with E-state index in [1.54, 1.807) is 39.5 Å². The first-order chi connectivity index (χ1) is 22.3. The Morgan fingerprint density at radius 1 is 0.543 bits per heavy atom. The van der Waals surface area contributed by atoms with Crippen LogP contribution in [0.2, 0.25) is 0 Å². The van der Waals surface area contributed by atoms with Gasteiger partial charge in [0.1, 0.15) is 5.56 Å². The van der Waals surface area contributed by atoms with Crippen LogP contribution < -0.4 is 0 Å². The third kappa shape index (κ3) is 4.05. The molecule has 3 nitrogen and oxygen atoms in total. The van der Waals surface area contributed by atoms with Crippen LogP contribution in [0.25, 0.3) is 66.1 Å². The minimum absolute atomic E-state index is 0.0300. The summed E-state index contributed by atoms with van der Waals surface area (Å²) >= 11 is 0. The molecule has 0 aliphatic heterocycles. The van der Waals surface area contributed by atoms with Gasteiger partial charge in [0, 0.05) is 21.5 Å². The molecule has 222 valence electrons. The molecule has 6 heteroatoms. The molecule has 8 rings (SSSR count). The van der Waals surface area contributed by atoms with Crippen molar-refractivity contribution in [1.82, 2.24) is 9.13 Å². The highest BCUT2D eigenvalue weighted by Crippen LogP contribution is 2.46. The van der Waals surface area contributed by atoms with Crippen LogP contribution in [0.3, 0.4) is 0 Å². The van der Waals surface area contributed by atoms with Crippen molar-refractivity contribution >= 4 is 43.6 Å². The van der Waals surface area contributed by atoms with Crippen molar-refractivity contribution in [3.05, 3.63) is 144 Å². The Morgan fingerprint density at radius 3 is 1.52 bits per heavy atom. The summed E-state index contributed by atoms with van der Waals surface area (Å²) in [7, 11) is 0.